The molecule has 0 aliphatic heterocycles. The molecule has 0 aliphatic carbocycles. The summed E-state index contributed by atoms with van der Waals surface area (Å²) in [7, 11) is -1.67. The van der Waals surface area contributed by atoms with Gasteiger partial charge in [0.25, 0.3) is 0 Å². The summed E-state index contributed by atoms with van der Waals surface area (Å²) < 4.78 is 0. The summed E-state index contributed by atoms with van der Waals surface area (Å²) in [5.74, 6) is -0.195. The quantitative estimate of drug-likeness (QED) is 0.438. The zero-order chi connectivity index (χ0) is 11.2. The largest absolute Gasteiger partial charge is 0.475 e. The maximum Gasteiger partial charge on any atom is 0.385 e. The number of hydrogen-bond acceptors (Lipinski definition) is 2. The number of Topliss-reactive ketones (excluding diaryl/α,β-unsaturated/α-hetero) is 1. The van der Waals surface area contributed by atoms with Crippen molar-refractivity contribution in [3.63, 3.8) is 0 Å². The summed E-state index contributed by atoms with van der Waals surface area (Å²) in [5, 5.41) is 8.36. The Kier molecular flexibility index (Phi) is 5.17. The smallest absolute Gasteiger partial charge is 0.385 e. The van der Waals surface area contributed by atoms with Crippen LogP contribution in [0.3, 0.4) is 0 Å². The lowest BCUT2D eigenvalue weighted by atomic mass is 10.4. The summed E-state index contributed by atoms with van der Waals surface area (Å²) >= 11 is 0. The van der Waals surface area contributed by atoms with Gasteiger partial charge in [-0.05, 0) is 24.1 Å². The molecule has 0 amide bonds. The maximum absolute atomic E-state index is 10.8. The van der Waals surface area contributed by atoms with Crippen molar-refractivity contribution >= 4 is 19.8 Å². The van der Waals surface area contributed by atoms with Crippen LogP contribution in [0, 0.1) is 11.5 Å². The normalized spacial score (nSPS) is 10.2. The Morgan fingerprint density at radius 1 is 1.14 bits per heavy atom. The lowest BCUT2D eigenvalue weighted by Gasteiger charge is -2.19. The minimum absolute atomic E-state index is 0.972. The van der Waals surface area contributed by atoms with Crippen LogP contribution < -0.4 is 0 Å². The first kappa shape index (κ1) is 12.9. The van der Waals surface area contributed by atoms with Crippen molar-refractivity contribution < 1.29 is 14.7 Å². The van der Waals surface area contributed by atoms with E-state index in [1.54, 1.807) is 0 Å². The first-order valence-electron chi connectivity index (χ1n) is 4.81. The van der Waals surface area contributed by atoms with E-state index in [1.807, 2.05) is 0 Å². The van der Waals surface area contributed by atoms with Gasteiger partial charge in [0.15, 0.2) is 0 Å². The van der Waals surface area contributed by atoms with Crippen LogP contribution in [0.1, 0.15) is 20.8 Å². The van der Waals surface area contributed by atoms with Gasteiger partial charge in [-0.3, -0.25) is 4.79 Å². The van der Waals surface area contributed by atoms with E-state index in [0.717, 1.165) is 18.1 Å². The van der Waals surface area contributed by atoms with E-state index in [0.29, 0.717) is 0 Å². The summed E-state index contributed by atoms with van der Waals surface area (Å²) in [6.07, 6.45) is 0. The Morgan fingerprint density at radius 2 is 1.57 bits per heavy atom. The van der Waals surface area contributed by atoms with Gasteiger partial charge in [-0.15, -0.1) is 5.54 Å². The van der Waals surface area contributed by atoms with Crippen LogP contribution in [0.25, 0.3) is 0 Å². The highest BCUT2D eigenvalue weighted by Crippen LogP contribution is 2.18. The van der Waals surface area contributed by atoms with Crippen LogP contribution in [-0.2, 0) is 9.59 Å². The van der Waals surface area contributed by atoms with Gasteiger partial charge < -0.3 is 5.11 Å². The molecule has 78 valence electrons. The zero-order valence-electron chi connectivity index (χ0n) is 8.89. The fraction of sp³-hybridized carbons (Fsp3) is 0.600. The molecular formula is C10H16O3Si. The Balaban J connectivity index is 4.74. The third-order valence-electron chi connectivity index (χ3n) is 2.67. The first-order valence-corrected chi connectivity index (χ1v) is 7.44. The molecular weight excluding hydrogens is 196 g/mol. The van der Waals surface area contributed by atoms with Gasteiger partial charge in [-0.25, -0.2) is 4.79 Å². The molecule has 0 atom stereocenters. The van der Waals surface area contributed by atoms with Crippen LogP contribution in [0.4, 0.5) is 0 Å². The zero-order valence-corrected chi connectivity index (χ0v) is 9.89. The van der Waals surface area contributed by atoms with Gasteiger partial charge in [-0.2, -0.15) is 0 Å². The second-order valence-corrected chi connectivity index (χ2v) is 8.16. The van der Waals surface area contributed by atoms with Crippen molar-refractivity contribution in [2.24, 2.45) is 0 Å². The molecule has 0 aliphatic rings. The third kappa shape index (κ3) is 3.34. The average molecular weight is 212 g/mol. The molecule has 3 nitrogen and oxygen atoms in total. The van der Waals surface area contributed by atoms with Crippen LogP contribution >= 0.6 is 0 Å². The van der Waals surface area contributed by atoms with Gasteiger partial charge >= 0.3 is 11.8 Å². The van der Waals surface area contributed by atoms with Gasteiger partial charge in [-0.1, -0.05) is 20.8 Å². The number of carbonyl (C=O) groups excluding carboxylic acids is 1. The molecule has 4 heteroatoms. The van der Waals surface area contributed by atoms with E-state index < -0.39 is 19.8 Å². The van der Waals surface area contributed by atoms with Crippen LogP contribution in [0.2, 0.25) is 18.1 Å². The number of carbonyl (C=O) groups is 2. The highest BCUT2D eigenvalue weighted by molar-refractivity contribution is 6.87. The molecule has 0 saturated carbocycles. The molecule has 0 radical (unpaired) electrons. The maximum atomic E-state index is 10.8. The van der Waals surface area contributed by atoms with Gasteiger partial charge in [0.1, 0.15) is 8.07 Å². The average Bonchev–Trinajstić information content (AvgIpc) is 2.20. The second kappa shape index (κ2) is 5.61. The van der Waals surface area contributed by atoms with Gasteiger partial charge in [0, 0.05) is 0 Å². The molecule has 0 aromatic rings. The molecule has 0 unspecified atom stereocenters. The minimum atomic E-state index is -1.67. The standard InChI is InChI=1S/C10H16O3Si/c1-4-14(5-2,6-3)8-7-9(11)10(12)13/h4-6H2,1-3H3,(H,12,13). The summed E-state index contributed by atoms with van der Waals surface area (Å²) in [5.41, 5.74) is 2.92. The predicted molar refractivity (Wildman–Crippen MR) is 57.6 cm³/mol. The molecule has 0 aromatic carbocycles. The summed E-state index contributed by atoms with van der Waals surface area (Å²) in [6.45, 7) is 6.16. The van der Waals surface area contributed by atoms with Gasteiger partial charge in [0.2, 0.25) is 0 Å². The van der Waals surface area contributed by atoms with Gasteiger partial charge in [0.05, 0.1) is 0 Å². The lowest BCUT2D eigenvalue weighted by Crippen LogP contribution is -2.30. The topological polar surface area (TPSA) is 54.4 Å². The molecule has 0 rings (SSSR count). The Morgan fingerprint density at radius 3 is 1.86 bits per heavy atom. The number of hydrogen-bond donors (Lipinski definition) is 1. The molecule has 14 heavy (non-hydrogen) atoms. The SMILES string of the molecule is CC[Si](C#CC(=O)C(=O)O)(CC)CC. The molecule has 0 heterocycles. The predicted octanol–water partition coefficient (Wildman–Crippen LogP) is 1.69. The summed E-state index contributed by atoms with van der Waals surface area (Å²) in [6, 6.07) is 2.92. The van der Waals surface area contributed by atoms with E-state index >= 15 is 0 Å². The van der Waals surface area contributed by atoms with Crippen molar-refractivity contribution in [2.75, 3.05) is 0 Å². The highest BCUT2D eigenvalue weighted by Gasteiger charge is 2.24. The number of aliphatic carboxylic acids is 1. The van der Waals surface area contributed by atoms with Crippen LogP contribution in [0.5, 0.6) is 0 Å². The highest BCUT2D eigenvalue weighted by atomic mass is 28.3. The van der Waals surface area contributed by atoms with Crippen molar-refractivity contribution in [2.45, 2.75) is 38.9 Å². The minimum Gasteiger partial charge on any atom is -0.475 e. The third-order valence-corrected chi connectivity index (χ3v) is 7.38. The lowest BCUT2D eigenvalue weighted by molar-refractivity contribution is -0.146. The van der Waals surface area contributed by atoms with Crippen molar-refractivity contribution in [1.29, 1.82) is 0 Å². The van der Waals surface area contributed by atoms with E-state index in [-0.39, 0.29) is 0 Å². The first-order chi connectivity index (χ1) is 6.51. The number of rotatable bonds is 4. The molecule has 0 spiro atoms. The van der Waals surface area contributed by atoms with Crippen molar-refractivity contribution in [1.82, 2.24) is 0 Å². The molecule has 0 fully saturated rings. The van der Waals surface area contributed by atoms with E-state index in [1.165, 1.54) is 0 Å². The molecule has 0 saturated heterocycles. The second-order valence-electron chi connectivity index (χ2n) is 3.23. The molecule has 0 bridgehead atoms. The fourth-order valence-electron chi connectivity index (χ4n) is 1.26. The van der Waals surface area contributed by atoms with Crippen molar-refractivity contribution in [3.8, 4) is 11.5 Å². The monoisotopic (exact) mass is 212 g/mol. The molecule has 0 aromatic heterocycles. The Labute approximate surface area is 85.5 Å². The summed E-state index contributed by atoms with van der Waals surface area (Å²) in [4.78, 5) is 21.0. The van der Waals surface area contributed by atoms with E-state index in [9.17, 15) is 9.59 Å². The molecule has 1 N–H and O–H groups in total. The van der Waals surface area contributed by atoms with Crippen LogP contribution in [0.15, 0.2) is 0 Å². The fourth-order valence-corrected chi connectivity index (χ4v) is 3.67. The van der Waals surface area contributed by atoms with E-state index in [4.69, 9.17) is 5.11 Å². The van der Waals surface area contributed by atoms with Crippen LogP contribution in [-0.4, -0.2) is 24.9 Å². The number of ketones is 1. The van der Waals surface area contributed by atoms with E-state index in [2.05, 4.69) is 32.2 Å². The number of carboxylic acids is 1. The Hall–Kier alpha value is -1.08. The number of carboxylic acid groups (broad SMARTS) is 1. The Bertz CT molecular complexity index is 273. The van der Waals surface area contributed by atoms with Crippen molar-refractivity contribution in [3.05, 3.63) is 0 Å².